The third-order valence-corrected chi connectivity index (χ3v) is 5.66. The van der Waals surface area contributed by atoms with Crippen LogP contribution in [0.3, 0.4) is 0 Å². The van der Waals surface area contributed by atoms with E-state index in [0.29, 0.717) is 11.3 Å². The third kappa shape index (κ3) is 3.99. The molecule has 1 heterocycles. The van der Waals surface area contributed by atoms with Gasteiger partial charge in [0.2, 0.25) is 5.13 Å². The number of rotatable bonds is 6. The van der Waals surface area contributed by atoms with Crippen LogP contribution in [0, 0.1) is 13.8 Å². The normalized spacial score (nSPS) is 11.5. The number of nitrogens with zero attached hydrogens (tertiary/aromatic N) is 2. The summed E-state index contributed by atoms with van der Waals surface area (Å²) in [6, 6.07) is 9.17. The average molecular weight is 397 g/mol. The maximum Gasteiger partial charge on any atom is 0.259 e. The molecule has 0 saturated heterocycles. The van der Waals surface area contributed by atoms with Crippen LogP contribution in [0.25, 0.3) is 10.2 Å². The molecule has 3 rings (SSSR count). The first-order valence-electron chi connectivity index (χ1n) is 9.08. The molecule has 7 heteroatoms. The van der Waals surface area contributed by atoms with Gasteiger partial charge in [0.1, 0.15) is 5.75 Å². The van der Waals surface area contributed by atoms with Crippen molar-refractivity contribution in [1.29, 1.82) is 0 Å². The van der Waals surface area contributed by atoms with E-state index in [9.17, 15) is 4.79 Å². The smallest absolute Gasteiger partial charge is 0.259 e. The number of amides is 1. The van der Waals surface area contributed by atoms with Crippen LogP contribution in [-0.2, 0) is 0 Å². The Balaban J connectivity index is 1.94. The molecule has 6 nitrogen and oxygen atoms in total. The summed E-state index contributed by atoms with van der Waals surface area (Å²) in [4.78, 5) is 17.4. The molecule has 0 atom stereocenters. The van der Waals surface area contributed by atoms with E-state index in [0.717, 1.165) is 44.3 Å². The Kier molecular flexibility index (Phi) is 5.94. The summed E-state index contributed by atoms with van der Waals surface area (Å²) in [5.74, 6) is 0.346. The number of nitrogens with one attached hydrogen (secondary N) is 2. The Morgan fingerprint density at radius 1 is 1.29 bits per heavy atom. The van der Waals surface area contributed by atoms with E-state index in [1.807, 2.05) is 39.0 Å². The fraction of sp³-hybridized carbons (Fsp3) is 0.286. The Hall–Kier alpha value is -2.93. The van der Waals surface area contributed by atoms with Gasteiger partial charge >= 0.3 is 0 Å². The summed E-state index contributed by atoms with van der Waals surface area (Å²) >= 11 is 1.52. The van der Waals surface area contributed by atoms with E-state index in [1.54, 1.807) is 19.2 Å². The van der Waals surface area contributed by atoms with Crippen LogP contribution < -0.4 is 15.5 Å². The molecule has 0 radical (unpaired) electrons. The molecule has 3 aromatic rings. The van der Waals surface area contributed by atoms with Crippen molar-refractivity contribution in [1.82, 2.24) is 4.98 Å². The lowest BCUT2D eigenvalue weighted by atomic mass is 10.1. The summed E-state index contributed by atoms with van der Waals surface area (Å²) in [6.07, 6.45) is 0.884. The van der Waals surface area contributed by atoms with Crippen LogP contribution in [0.15, 0.2) is 35.4 Å². The van der Waals surface area contributed by atoms with Gasteiger partial charge in [-0.1, -0.05) is 30.4 Å². The molecule has 28 heavy (non-hydrogen) atoms. The molecule has 0 aliphatic carbocycles. The Bertz CT molecular complexity index is 1060. The first-order chi connectivity index (χ1) is 13.4. The molecule has 2 aromatic carbocycles. The largest absolute Gasteiger partial charge is 0.496 e. The van der Waals surface area contributed by atoms with Crippen molar-refractivity contribution < 1.29 is 9.53 Å². The lowest BCUT2D eigenvalue weighted by Gasteiger charge is -2.13. The highest BCUT2D eigenvalue weighted by Crippen LogP contribution is 2.35. The molecular formula is C21H24N4O2S. The summed E-state index contributed by atoms with van der Waals surface area (Å²) < 4.78 is 6.33. The number of carbonyl (C=O) groups excluding carboxylic acids is 1. The summed E-state index contributed by atoms with van der Waals surface area (Å²) in [7, 11) is 1.56. The molecule has 0 fully saturated rings. The van der Waals surface area contributed by atoms with Crippen molar-refractivity contribution in [2.24, 2.45) is 5.10 Å². The van der Waals surface area contributed by atoms with E-state index < -0.39 is 0 Å². The summed E-state index contributed by atoms with van der Waals surface area (Å²) in [5, 5.41) is 8.10. The van der Waals surface area contributed by atoms with Crippen molar-refractivity contribution in [2.45, 2.75) is 34.1 Å². The van der Waals surface area contributed by atoms with Gasteiger partial charge in [0.25, 0.3) is 5.91 Å². The van der Waals surface area contributed by atoms with Gasteiger partial charge in [0.15, 0.2) is 0 Å². The average Bonchev–Trinajstić information content (AvgIpc) is 3.12. The predicted octanol–water partition coefficient (Wildman–Crippen LogP) is 5.37. The number of hydrogen-bond donors (Lipinski definition) is 2. The number of methoxy groups -OCH3 is 1. The number of ether oxygens (including phenoxy) is 1. The maximum atomic E-state index is 12.8. The van der Waals surface area contributed by atoms with Gasteiger partial charge in [0.05, 0.1) is 22.9 Å². The molecule has 0 bridgehead atoms. The fourth-order valence-electron chi connectivity index (χ4n) is 2.86. The quantitative estimate of drug-likeness (QED) is 0.434. The number of para-hydroxylation sites is 1. The second-order valence-electron chi connectivity index (χ2n) is 6.53. The molecule has 146 valence electrons. The SMILES string of the molecule is CC/C(C)=N/Nc1nc2cc(C)c(NC(=O)c3ccccc3OC)c(C)c2s1. The zero-order chi connectivity index (χ0) is 20.3. The van der Waals surface area contributed by atoms with Crippen LogP contribution in [0.2, 0.25) is 0 Å². The van der Waals surface area contributed by atoms with E-state index in [1.165, 1.54) is 11.3 Å². The van der Waals surface area contributed by atoms with Gasteiger partial charge < -0.3 is 10.1 Å². The predicted molar refractivity (Wildman–Crippen MR) is 117 cm³/mol. The highest BCUT2D eigenvalue weighted by molar-refractivity contribution is 7.22. The molecule has 1 aromatic heterocycles. The van der Waals surface area contributed by atoms with Crippen LogP contribution in [0.1, 0.15) is 41.8 Å². The highest BCUT2D eigenvalue weighted by atomic mass is 32.1. The number of thiazole rings is 1. The first kappa shape index (κ1) is 19.8. The summed E-state index contributed by atoms with van der Waals surface area (Å²) in [6.45, 7) is 8.00. The lowest BCUT2D eigenvalue weighted by Crippen LogP contribution is -2.14. The number of hydrazone groups is 1. The zero-order valence-corrected chi connectivity index (χ0v) is 17.5. The minimum atomic E-state index is -0.200. The molecule has 0 aliphatic rings. The number of aryl methyl sites for hydroxylation is 2. The standard InChI is InChI=1S/C21H24N4O2S/c1-6-13(3)24-25-21-22-16-11-12(2)18(14(4)19(16)28-21)23-20(26)15-9-7-8-10-17(15)27-5/h7-11H,6H2,1-5H3,(H,22,25)(H,23,26)/b24-13+. The van der Waals surface area contributed by atoms with Gasteiger partial charge in [-0.05, 0) is 56.5 Å². The van der Waals surface area contributed by atoms with E-state index in [2.05, 4.69) is 27.8 Å². The summed E-state index contributed by atoms with van der Waals surface area (Å²) in [5.41, 5.74) is 8.17. The van der Waals surface area contributed by atoms with Gasteiger partial charge in [0, 0.05) is 11.4 Å². The first-order valence-corrected chi connectivity index (χ1v) is 9.90. The van der Waals surface area contributed by atoms with E-state index in [-0.39, 0.29) is 5.91 Å². The van der Waals surface area contributed by atoms with Gasteiger partial charge in [-0.3, -0.25) is 10.2 Å². The van der Waals surface area contributed by atoms with E-state index in [4.69, 9.17) is 4.74 Å². The van der Waals surface area contributed by atoms with Crippen LogP contribution in [0.4, 0.5) is 10.8 Å². The molecule has 0 aliphatic heterocycles. The molecule has 0 saturated carbocycles. The van der Waals surface area contributed by atoms with Gasteiger partial charge in [-0.25, -0.2) is 4.98 Å². The monoisotopic (exact) mass is 396 g/mol. The van der Waals surface area contributed by atoms with Crippen molar-refractivity contribution in [3.63, 3.8) is 0 Å². The maximum absolute atomic E-state index is 12.8. The van der Waals surface area contributed by atoms with Crippen LogP contribution >= 0.6 is 11.3 Å². The minimum Gasteiger partial charge on any atom is -0.496 e. The fourth-order valence-corrected chi connectivity index (χ4v) is 3.75. The second kappa shape index (κ2) is 8.39. The molecule has 2 N–H and O–H groups in total. The van der Waals surface area contributed by atoms with E-state index >= 15 is 0 Å². The number of hydrogen-bond acceptors (Lipinski definition) is 6. The van der Waals surface area contributed by atoms with Crippen molar-refractivity contribution >= 4 is 44.0 Å². The number of carbonyl (C=O) groups is 1. The Morgan fingerprint density at radius 2 is 2.04 bits per heavy atom. The second-order valence-corrected chi connectivity index (χ2v) is 7.53. The van der Waals surface area contributed by atoms with Gasteiger partial charge in [-0.15, -0.1) is 0 Å². The Labute approximate surface area is 168 Å². The van der Waals surface area contributed by atoms with Crippen molar-refractivity contribution in [3.8, 4) is 5.75 Å². The Morgan fingerprint density at radius 3 is 2.75 bits per heavy atom. The minimum absolute atomic E-state index is 0.200. The van der Waals surface area contributed by atoms with Crippen molar-refractivity contribution in [3.05, 3.63) is 47.0 Å². The molecule has 0 unspecified atom stereocenters. The van der Waals surface area contributed by atoms with Gasteiger partial charge in [-0.2, -0.15) is 5.10 Å². The number of fused-ring (bicyclic) bond motifs is 1. The number of anilines is 2. The van der Waals surface area contributed by atoms with Crippen molar-refractivity contribution in [2.75, 3.05) is 17.9 Å². The topological polar surface area (TPSA) is 75.6 Å². The van der Waals surface area contributed by atoms with Crippen LogP contribution in [-0.4, -0.2) is 23.7 Å². The number of aromatic nitrogens is 1. The highest BCUT2D eigenvalue weighted by Gasteiger charge is 2.17. The zero-order valence-electron chi connectivity index (χ0n) is 16.7. The molecular weight excluding hydrogens is 372 g/mol. The number of benzene rings is 2. The molecule has 1 amide bonds. The molecule has 0 spiro atoms. The van der Waals surface area contributed by atoms with Crippen LogP contribution in [0.5, 0.6) is 5.75 Å². The third-order valence-electron chi connectivity index (χ3n) is 4.56. The lowest BCUT2D eigenvalue weighted by molar-refractivity contribution is 0.102.